The van der Waals surface area contributed by atoms with Crippen molar-refractivity contribution in [3.8, 4) is 0 Å². The molecule has 0 unspecified atom stereocenters. The van der Waals surface area contributed by atoms with E-state index in [1.807, 2.05) is 30.3 Å². The van der Waals surface area contributed by atoms with Crippen molar-refractivity contribution in [1.29, 1.82) is 0 Å². The Bertz CT molecular complexity index is 555. The fourth-order valence-electron chi connectivity index (χ4n) is 1.38. The van der Waals surface area contributed by atoms with Crippen LogP contribution in [0.4, 0.5) is 11.4 Å². The zero-order valence-corrected chi connectivity index (χ0v) is 11.6. The van der Waals surface area contributed by atoms with Crippen molar-refractivity contribution in [2.45, 2.75) is 0 Å². The zero-order valence-electron chi connectivity index (χ0n) is 9.28. The molecule has 0 radical (unpaired) electrons. The van der Waals surface area contributed by atoms with E-state index in [9.17, 15) is 0 Å². The summed E-state index contributed by atoms with van der Waals surface area (Å²) >= 11 is 17.0. The molecule has 0 fully saturated rings. The van der Waals surface area contributed by atoms with Crippen LogP contribution in [-0.4, -0.2) is 5.11 Å². The summed E-state index contributed by atoms with van der Waals surface area (Å²) < 4.78 is 0. The minimum absolute atomic E-state index is 0.477. The molecular weight excluding hydrogens is 287 g/mol. The largest absolute Gasteiger partial charge is 0.332 e. The lowest BCUT2D eigenvalue weighted by molar-refractivity contribution is 1.59. The predicted octanol–water partition coefficient (Wildman–Crippen LogP) is 4.80. The number of thiocarbonyl (C=S) groups is 1. The normalized spacial score (nSPS) is 9.89. The third kappa shape index (κ3) is 3.60. The van der Waals surface area contributed by atoms with Crippen molar-refractivity contribution in [1.82, 2.24) is 0 Å². The van der Waals surface area contributed by atoms with Crippen molar-refractivity contribution < 1.29 is 0 Å². The van der Waals surface area contributed by atoms with Gasteiger partial charge in [0.2, 0.25) is 0 Å². The third-order valence-electron chi connectivity index (χ3n) is 2.22. The highest BCUT2D eigenvalue weighted by molar-refractivity contribution is 7.80. The van der Waals surface area contributed by atoms with Crippen LogP contribution in [0, 0.1) is 0 Å². The molecule has 0 spiro atoms. The Morgan fingerprint density at radius 3 is 2.22 bits per heavy atom. The van der Waals surface area contributed by atoms with E-state index in [1.54, 1.807) is 18.2 Å². The van der Waals surface area contributed by atoms with Gasteiger partial charge in [-0.3, -0.25) is 0 Å². The quantitative estimate of drug-likeness (QED) is 0.778. The van der Waals surface area contributed by atoms with E-state index >= 15 is 0 Å². The van der Waals surface area contributed by atoms with Crippen LogP contribution in [0.15, 0.2) is 48.5 Å². The number of hydrogen-bond donors (Lipinski definition) is 2. The smallest absolute Gasteiger partial charge is 0.175 e. The molecule has 2 rings (SSSR count). The predicted molar refractivity (Wildman–Crippen MR) is 82.7 cm³/mol. The average molecular weight is 297 g/mol. The Morgan fingerprint density at radius 2 is 1.56 bits per heavy atom. The third-order valence-corrected chi connectivity index (χ3v) is 3.01. The molecule has 0 aliphatic heterocycles. The summed E-state index contributed by atoms with van der Waals surface area (Å²) in [5.74, 6) is 0. The van der Waals surface area contributed by atoms with Crippen molar-refractivity contribution in [2.75, 3.05) is 10.6 Å². The molecule has 0 amide bonds. The van der Waals surface area contributed by atoms with Crippen molar-refractivity contribution in [3.05, 3.63) is 58.6 Å². The van der Waals surface area contributed by atoms with Gasteiger partial charge in [0.15, 0.2) is 5.11 Å². The van der Waals surface area contributed by atoms with Gasteiger partial charge in [-0.15, -0.1) is 0 Å². The van der Waals surface area contributed by atoms with Gasteiger partial charge in [-0.05, 0) is 48.6 Å². The summed E-state index contributed by atoms with van der Waals surface area (Å²) in [6, 6.07) is 14.7. The number of rotatable bonds is 2. The summed E-state index contributed by atoms with van der Waals surface area (Å²) in [7, 11) is 0. The SMILES string of the molecule is S=C(Nc1ccc(Cl)cc1)Nc1ccccc1Cl. The van der Waals surface area contributed by atoms with E-state index in [4.69, 9.17) is 35.4 Å². The molecule has 0 aliphatic carbocycles. The Balaban J connectivity index is 2.01. The molecule has 92 valence electrons. The van der Waals surface area contributed by atoms with Gasteiger partial charge >= 0.3 is 0 Å². The van der Waals surface area contributed by atoms with Crippen molar-refractivity contribution >= 4 is 51.9 Å². The van der Waals surface area contributed by atoms with Gasteiger partial charge in [-0.1, -0.05) is 35.3 Å². The van der Waals surface area contributed by atoms with E-state index in [0.29, 0.717) is 15.2 Å². The summed E-state index contributed by atoms with van der Waals surface area (Å²) in [5.41, 5.74) is 1.63. The Hall–Kier alpha value is -1.29. The molecule has 0 saturated carbocycles. The maximum Gasteiger partial charge on any atom is 0.175 e. The average Bonchev–Trinajstić information content (AvgIpc) is 2.35. The van der Waals surface area contributed by atoms with Crippen LogP contribution in [0.25, 0.3) is 0 Å². The van der Waals surface area contributed by atoms with E-state index in [2.05, 4.69) is 10.6 Å². The number of halogens is 2. The lowest BCUT2D eigenvalue weighted by Crippen LogP contribution is -2.19. The number of nitrogens with one attached hydrogen (secondary N) is 2. The Kier molecular flexibility index (Phi) is 4.42. The zero-order chi connectivity index (χ0) is 13.0. The van der Waals surface area contributed by atoms with Crippen LogP contribution in [0.2, 0.25) is 10.0 Å². The first-order valence-corrected chi connectivity index (χ1v) is 6.39. The van der Waals surface area contributed by atoms with Gasteiger partial charge in [-0.25, -0.2) is 0 Å². The summed E-state index contributed by atoms with van der Waals surface area (Å²) in [6.07, 6.45) is 0. The van der Waals surface area contributed by atoms with Gasteiger partial charge < -0.3 is 10.6 Å². The molecule has 0 saturated heterocycles. The summed E-state index contributed by atoms with van der Waals surface area (Å²) in [5, 5.41) is 7.86. The monoisotopic (exact) mass is 296 g/mol. The van der Waals surface area contributed by atoms with Gasteiger partial charge in [0, 0.05) is 10.7 Å². The van der Waals surface area contributed by atoms with E-state index < -0.39 is 0 Å². The standard InChI is InChI=1S/C13H10Cl2N2S/c14-9-5-7-10(8-6-9)16-13(18)17-12-4-2-1-3-11(12)15/h1-8H,(H2,16,17,18). The van der Waals surface area contributed by atoms with Gasteiger partial charge in [0.1, 0.15) is 0 Å². The maximum absolute atomic E-state index is 6.02. The molecule has 0 heterocycles. The highest BCUT2D eigenvalue weighted by Crippen LogP contribution is 2.21. The van der Waals surface area contributed by atoms with E-state index in [0.717, 1.165) is 11.4 Å². The fourth-order valence-corrected chi connectivity index (χ4v) is 1.92. The first kappa shape index (κ1) is 13.1. The van der Waals surface area contributed by atoms with Crippen LogP contribution < -0.4 is 10.6 Å². The van der Waals surface area contributed by atoms with E-state index in [-0.39, 0.29) is 0 Å². The summed E-state index contributed by atoms with van der Waals surface area (Å²) in [4.78, 5) is 0. The second-order valence-corrected chi connectivity index (χ2v) is 4.82. The number of hydrogen-bond acceptors (Lipinski definition) is 1. The van der Waals surface area contributed by atoms with Crippen LogP contribution in [0.3, 0.4) is 0 Å². The second-order valence-electron chi connectivity index (χ2n) is 3.57. The first-order chi connectivity index (χ1) is 8.65. The molecule has 5 heteroatoms. The minimum atomic E-state index is 0.477. The molecule has 0 atom stereocenters. The molecule has 18 heavy (non-hydrogen) atoms. The number of anilines is 2. The molecule has 2 aromatic carbocycles. The maximum atomic E-state index is 6.02. The summed E-state index contributed by atoms with van der Waals surface area (Å²) in [6.45, 7) is 0. The highest BCUT2D eigenvalue weighted by Gasteiger charge is 2.02. The Labute approximate surface area is 121 Å². The molecule has 2 N–H and O–H groups in total. The minimum Gasteiger partial charge on any atom is -0.332 e. The fraction of sp³-hybridized carbons (Fsp3) is 0. The molecule has 2 nitrogen and oxygen atoms in total. The van der Waals surface area contributed by atoms with Crippen molar-refractivity contribution in [2.24, 2.45) is 0 Å². The molecule has 0 aliphatic rings. The van der Waals surface area contributed by atoms with Crippen molar-refractivity contribution in [3.63, 3.8) is 0 Å². The topological polar surface area (TPSA) is 24.1 Å². The molecular formula is C13H10Cl2N2S. The van der Waals surface area contributed by atoms with Crippen LogP contribution >= 0.6 is 35.4 Å². The van der Waals surface area contributed by atoms with Crippen LogP contribution in [0.1, 0.15) is 0 Å². The Morgan fingerprint density at radius 1 is 0.889 bits per heavy atom. The number of benzene rings is 2. The first-order valence-electron chi connectivity index (χ1n) is 5.23. The van der Waals surface area contributed by atoms with Gasteiger partial charge in [-0.2, -0.15) is 0 Å². The van der Waals surface area contributed by atoms with Gasteiger partial charge in [0.25, 0.3) is 0 Å². The van der Waals surface area contributed by atoms with Crippen LogP contribution in [-0.2, 0) is 0 Å². The van der Waals surface area contributed by atoms with Crippen LogP contribution in [0.5, 0.6) is 0 Å². The lowest BCUT2D eigenvalue weighted by atomic mass is 10.3. The molecule has 2 aromatic rings. The highest BCUT2D eigenvalue weighted by atomic mass is 35.5. The van der Waals surface area contributed by atoms with Gasteiger partial charge in [0.05, 0.1) is 10.7 Å². The second kappa shape index (κ2) is 6.05. The number of para-hydroxylation sites is 1. The lowest BCUT2D eigenvalue weighted by Gasteiger charge is -2.11. The van der Waals surface area contributed by atoms with E-state index in [1.165, 1.54) is 0 Å². The molecule has 0 aromatic heterocycles. The molecule has 0 bridgehead atoms.